The Labute approximate surface area is 132 Å². The Morgan fingerprint density at radius 2 is 2.14 bits per heavy atom. The average Bonchev–Trinajstić information content (AvgIpc) is 2.98. The van der Waals surface area contributed by atoms with Gasteiger partial charge in [-0.1, -0.05) is 6.07 Å². The zero-order valence-corrected chi connectivity index (χ0v) is 13.2. The summed E-state index contributed by atoms with van der Waals surface area (Å²) >= 11 is 1.22. The van der Waals surface area contributed by atoms with Crippen molar-refractivity contribution < 1.29 is 13.6 Å². The van der Waals surface area contributed by atoms with Gasteiger partial charge in [0, 0.05) is 31.5 Å². The number of sulfonamides is 1. The van der Waals surface area contributed by atoms with E-state index in [4.69, 9.17) is 0 Å². The molecule has 3 aliphatic rings. The van der Waals surface area contributed by atoms with Crippen LogP contribution in [0.2, 0.25) is 0 Å². The molecule has 7 nitrogen and oxygen atoms in total. The molecule has 9 heteroatoms. The van der Waals surface area contributed by atoms with Gasteiger partial charge in [0.2, 0.25) is 16.3 Å². The summed E-state index contributed by atoms with van der Waals surface area (Å²) in [6.45, 7) is 1.46. The molecule has 0 amide bonds. The number of allylic oxidation sites excluding steroid dienone is 1. The monoisotopic (exact) mass is 340 g/mol. The van der Waals surface area contributed by atoms with Crippen molar-refractivity contribution in [2.45, 2.75) is 16.5 Å². The van der Waals surface area contributed by atoms with Crippen molar-refractivity contribution in [3.8, 4) is 0 Å². The molecule has 3 heterocycles. The normalized spacial score (nSPS) is 34.1. The van der Waals surface area contributed by atoms with Crippen molar-refractivity contribution in [2.24, 2.45) is 16.8 Å². The van der Waals surface area contributed by atoms with Gasteiger partial charge in [-0.15, -0.1) is 11.3 Å². The molecule has 1 aliphatic carbocycles. The third-order valence-electron chi connectivity index (χ3n) is 4.38. The van der Waals surface area contributed by atoms with Gasteiger partial charge in [0.1, 0.15) is 4.21 Å². The minimum absolute atomic E-state index is 0.00129. The first-order chi connectivity index (χ1) is 10.6. The van der Waals surface area contributed by atoms with E-state index in [0.29, 0.717) is 16.0 Å². The Kier molecular flexibility index (Phi) is 3.35. The predicted molar refractivity (Wildman–Crippen MR) is 82.0 cm³/mol. The molecular weight excluding hydrogens is 324 g/mol. The number of nitrogens with zero attached hydrogens (tertiary/aromatic N) is 3. The lowest BCUT2D eigenvalue weighted by molar-refractivity contribution is -0.127. The van der Waals surface area contributed by atoms with E-state index in [1.807, 2.05) is 0 Å². The number of hydrogen-bond acceptors (Lipinski definition) is 7. The molecule has 1 saturated heterocycles. The first kappa shape index (κ1) is 14.3. The van der Waals surface area contributed by atoms with Crippen molar-refractivity contribution >= 4 is 27.6 Å². The third-order valence-corrected chi connectivity index (χ3v) is 7.24. The highest BCUT2D eigenvalue weighted by Crippen LogP contribution is 2.47. The van der Waals surface area contributed by atoms with E-state index in [-0.39, 0.29) is 6.04 Å². The van der Waals surface area contributed by atoms with Crippen LogP contribution in [0.3, 0.4) is 0 Å². The summed E-state index contributed by atoms with van der Waals surface area (Å²) in [6, 6.07) is 3.35. The van der Waals surface area contributed by atoms with E-state index in [9.17, 15) is 13.6 Å². The van der Waals surface area contributed by atoms with Crippen LogP contribution in [-0.4, -0.2) is 55.2 Å². The Balaban J connectivity index is 1.37. The Hall–Kier alpha value is -1.26. The second kappa shape index (κ2) is 5.14. The second-order valence-electron chi connectivity index (χ2n) is 5.73. The lowest BCUT2D eigenvalue weighted by Gasteiger charge is -2.32. The smallest absolute Gasteiger partial charge is 0.250 e. The molecule has 0 aromatic carbocycles. The van der Waals surface area contributed by atoms with Gasteiger partial charge in [-0.3, -0.25) is 15.1 Å². The lowest BCUT2D eigenvalue weighted by atomic mass is 10.4. The van der Waals surface area contributed by atoms with Crippen LogP contribution in [0.1, 0.15) is 0 Å². The highest BCUT2D eigenvalue weighted by atomic mass is 32.2. The van der Waals surface area contributed by atoms with Gasteiger partial charge < -0.3 is 0 Å². The fourth-order valence-electron chi connectivity index (χ4n) is 3.24. The summed E-state index contributed by atoms with van der Waals surface area (Å²) in [7, 11) is -3.40. The third kappa shape index (κ3) is 2.38. The molecule has 1 saturated carbocycles. The number of rotatable bonds is 4. The van der Waals surface area contributed by atoms with E-state index in [0.717, 1.165) is 18.2 Å². The van der Waals surface area contributed by atoms with Crippen LogP contribution in [0.25, 0.3) is 0 Å². The summed E-state index contributed by atoms with van der Waals surface area (Å²) in [5.41, 5.74) is 0. The SMILES string of the molecule is O=S(=O)(NC1C2CN(C3N=CC=CN3O)CC21)c1cccs1. The Morgan fingerprint density at radius 3 is 2.77 bits per heavy atom. The topological polar surface area (TPSA) is 85.2 Å². The van der Waals surface area contributed by atoms with Crippen LogP contribution < -0.4 is 4.72 Å². The molecule has 2 N–H and O–H groups in total. The molecule has 2 fully saturated rings. The number of likely N-dealkylation sites (tertiary alicyclic amines) is 1. The number of nitrogens with one attached hydrogen (secondary N) is 1. The molecule has 22 heavy (non-hydrogen) atoms. The molecule has 118 valence electrons. The fourth-order valence-corrected chi connectivity index (χ4v) is 5.58. The molecule has 3 atom stereocenters. The van der Waals surface area contributed by atoms with Crippen LogP contribution in [-0.2, 0) is 10.0 Å². The molecule has 1 aromatic heterocycles. The van der Waals surface area contributed by atoms with Gasteiger partial charge in [-0.25, -0.2) is 18.2 Å². The summed E-state index contributed by atoms with van der Waals surface area (Å²) in [5.74, 6) is 0.591. The minimum Gasteiger partial charge on any atom is -0.286 e. The maximum absolute atomic E-state index is 12.2. The Morgan fingerprint density at radius 1 is 1.36 bits per heavy atom. The molecule has 1 aromatic rings. The van der Waals surface area contributed by atoms with Crippen molar-refractivity contribution in [1.82, 2.24) is 14.7 Å². The molecule has 0 radical (unpaired) electrons. The lowest BCUT2D eigenvalue weighted by Crippen LogP contribution is -2.46. The van der Waals surface area contributed by atoms with E-state index in [1.54, 1.807) is 36.0 Å². The molecule has 2 aliphatic heterocycles. The second-order valence-corrected chi connectivity index (χ2v) is 8.62. The molecule has 3 unspecified atom stereocenters. The van der Waals surface area contributed by atoms with Gasteiger partial charge in [0.25, 0.3) is 0 Å². The average molecular weight is 340 g/mol. The zero-order chi connectivity index (χ0) is 15.3. The van der Waals surface area contributed by atoms with Crippen molar-refractivity contribution in [3.05, 3.63) is 29.8 Å². The summed E-state index contributed by atoms with van der Waals surface area (Å²) < 4.78 is 27.6. The molecular formula is C13H16N4O3S2. The summed E-state index contributed by atoms with van der Waals surface area (Å²) in [4.78, 5) is 6.30. The zero-order valence-electron chi connectivity index (χ0n) is 11.6. The van der Waals surface area contributed by atoms with Gasteiger partial charge in [-0.05, 0) is 29.4 Å². The van der Waals surface area contributed by atoms with Crippen LogP contribution in [0.15, 0.2) is 39.0 Å². The molecule has 0 bridgehead atoms. The Bertz CT molecular complexity index is 704. The van der Waals surface area contributed by atoms with Crippen LogP contribution in [0, 0.1) is 11.8 Å². The highest BCUT2D eigenvalue weighted by Gasteiger charge is 2.58. The quantitative estimate of drug-likeness (QED) is 0.835. The van der Waals surface area contributed by atoms with E-state index < -0.39 is 16.3 Å². The number of fused-ring (bicyclic) bond motifs is 1. The highest BCUT2D eigenvalue weighted by molar-refractivity contribution is 7.91. The van der Waals surface area contributed by atoms with Crippen LogP contribution >= 0.6 is 11.3 Å². The number of thiophene rings is 1. The standard InChI is InChI=1S/C13H16N4O3S2/c18-17-5-2-4-14-13(17)16-7-9-10(8-16)12(9)15-22(19,20)11-3-1-6-21-11/h1-6,9-10,12-13,15,18H,7-8H2. The van der Waals surface area contributed by atoms with Crippen molar-refractivity contribution in [1.29, 1.82) is 0 Å². The van der Waals surface area contributed by atoms with E-state index in [1.165, 1.54) is 11.3 Å². The fraction of sp³-hybridized carbons (Fsp3) is 0.462. The van der Waals surface area contributed by atoms with Gasteiger partial charge in [-0.2, -0.15) is 0 Å². The number of piperidine rings is 1. The van der Waals surface area contributed by atoms with Gasteiger partial charge in [0.15, 0.2) is 0 Å². The maximum atomic E-state index is 12.2. The first-order valence-corrected chi connectivity index (χ1v) is 9.39. The number of hydrogen-bond donors (Lipinski definition) is 2. The van der Waals surface area contributed by atoms with Crippen molar-refractivity contribution in [3.63, 3.8) is 0 Å². The number of aliphatic imine (C=N–C) groups is 1. The van der Waals surface area contributed by atoms with Gasteiger partial charge in [0.05, 0.1) is 0 Å². The van der Waals surface area contributed by atoms with Crippen LogP contribution in [0.5, 0.6) is 0 Å². The maximum Gasteiger partial charge on any atom is 0.250 e. The minimum atomic E-state index is -3.40. The number of hydroxylamine groups is 2. The van der Waals surface area contributed by atoms with Crippen LogP contribution in [0.4, 0.5) is 0 Å². The van der Waals surface area contributed by atoms with E-state index in [2.05, 4.69) is 14.6 Å². The summed E-state index contributed by atoms with van der Waals surface area (Å²) in [5, 5.41) is 12.6. The van der Waals surface area contributed by atoms with Crippen molar-refractivity contribution in [2.75, 3.05) is 13.1 Å². The molecule has 4 rings (SSSR count). The largest absolute Gasteiger partial charge is 0.286 e. The van der Waals surface area contributed by atoms with E-state index >= 15 is 0 Å². The molecule has 0 spiro atoms. The predicted octanol–water partition coefficient (Wildman–Crippen LogP) is 0.530. The summed E-state index contributed by atoms with van der Waals surface area (Å²) in [6.07, 6.45) is 4.51. The first-order valence-electron chi connectivity index (χ1n) is 7.03. The van der Waals surface area contributed by atoms with Gasteiger partial charge >= 0.3 is 0 Å².